The van der Waals surface area contributed by atoms with Gasteiger partial charge in [0, 0.05) is 29.1 Å². The summed E-state index contributed by atoms with van der Waals surface area (Å²) in [6, 6.07) is 5.33. The number of benzene rings is 2. The summed E-state index contributed by atoms with van der Waals surface area (Å²) in [5.41, 5.74) is 0.226. The summed E-state index contributed by atoms with van der Waals surface area (Å²) in [7, 11) is 0. The zero-order valence-corrected chi connectivity index (χ0v) is 17.1. The molecule has 8 heteroatoms. The van der Waals surface area contributed by atoms with Crippen LogP contribution in [0.1, 0.15) is 30.4 Å². The van der Waals surface area contributed by atoms with E-state index in [1.54, 1.807) is 6.07 Å². The van der Waals surface area contributed by atoms with Gasteiger partial charge in [-0.1, -0.05) is 22.0 Å². The Bertz CT molecular complexity index is 936. The van der Waals surface area contributed by atoms with E-state index in [0.717, 1.165) is 18.9 Å². The fraction of sp³-hybridized carbons (Fsp3) is 0.429. The molecule has 156 valence electrons. The molecule has 2 aromatic rings. The summed E-state index contributed by atoms with van der Waals surface area (Å²) in [4.78, 5) is 0. The summed E-state index contributed by atoms with van der Waals surface area (Å²) in [6.07, 6.45) is -0.151. The van der Waals surface area contributed by atoms with E-state index in [2.05, 4.69) is 21.2 Å². The molecule has 0 radical (unpaired) electrons. The van der Waals surface area contributed by atoms with Gasteiger partial charge in [-0.25, -0.2) is 13.2 Å². The highest BCUT2D eigenvalue weighted by molar-refractivity contribution is 9.10. The van der Waals surface area contributed by atoms with Gasteiger partial charge in [0.2, 0.25) is 0 Å². The molecule has 4 rings (SSSR count). The van der Waals surface area contributed by atoms with E-state index in [4.69, 9.17) is 4.74 Å². The Morgan fingerprint density at radius 1 is 1.10 bits per heavy atom. The molecule has 1 fully saturated rings. The van der Waals surface area contributed by atoms with E-state index in [1.165, 1.54) is 12.1 Å². The molecule has 0 bridgehead atoms. The number of rotatable bonds is 2. The number of anilines is 1. The number of aliphatic hydroxyl groups is 2. The Hall–Kier alpha value is -1.77. The van der Waals surface area contributed by atoms with Crippen LogP contribution in [0.4, 0.5) is 18.9 Å². The number of aliphatic hydroxyl groups excluding tert-OH is 2. The van der Waals surface area contributed by atoms with Gasteiger partial charge < -0.3 is 20.3 Å². The molecule has 1 heterocycles. The zero-order valence-electron chi connectivity index (χ0n) is 15.5. The van der Waals surface area contributed by atoms with Crippen LogP contribution in [-0.4, -0.2) is 35.6 Å². The Morgan fingerprint density at radius 2 is 1.86 bits per heavy atom. The lowest BCUT2D eigenvalue weighted by molar-refractivity contribution is -0.0212. The molecule has 1 aliphatic heterocycles. The highest BCUT2D eigenvalue weighted by Crippen LogP contribution is 2.51. The van der Waals surface area contributed by atoms with Gasteiger partial charge in [-0.2, -0.15) is 0 Å². The SMILES string of the molecule is OC1COc2cc(F)c(F)c(Cc3ccc(Br)cc3F)c2NCC2(CC2)CC1O. The Balaban J connectivity index is 1.75. The summed E-state index contributed by atoms with van der Waals surface area (Å²) < 4.78 is 49.4. The largest absolute Gasteiger partial charge is 0.488 e. The minimum absolute atomic E-state index is 0.0281. The topological polar surface area (TPSA) is 61.7 Å². The van der Waals surface area contributed by atoms with Crippen LogP contribution in [0.2, 0.25) is 0 Å². The predicted molar refractivity (Wildman–Crippen MR) is 106 cm³/mol. The van der Waals surface area contributed by atoms with Crippen molar-refractivity contribution in [1.29, 1.82) is 0 Å². The van der Waals surface area contributed by atoms with Crippen molar-refractivity contribution in [2.45, 2.75) is 37.9 Å². The molecule has 29 heavy (non-hydrogen) atoms. The minimum atomic E-state index is -1.14. The van der Waals surface area contributed by atoms with Gasteiger partial charge >= 0.3 is 0 Å². The van der Waals surface area contributed by atoms with Crippen LogP contribution < -0.4 is 10.1 Å². The van der Waals surface area contributed by atoms with Crippen molar-refractivity contribution >= 4 is 21.6 Å². The number of fused-ring (bicyclic) bond motifs is 1. The van der Waals surface area contributed by atoms with E-state index in [0.29, 0.717) is 17.4 Å². The smallest absolute Gasteiger partial charge is 0.164 e. The average Bonchev–Trinajstić information content (AvgIpc) is 3.43. The molecule has 0 aromatic heterocycles. The predicted octanol–water partition coefficient (Wildman–Crippen LogP) is 4.15. The van der Waals surface area contributed by atoms with Gasteiger partial charge in [-0.3, -0.25) is 0 Å². The van der Waals surface area contributed by atoms with Crippen molar-refractivity contribution in [3.05, 3.63) is 57.3 Å². The highest BCUT2D eigenvalue weighted by Gasteiger charge is 2.45. The average molecular weight is 472 g/mol. The molecule has 1 aliphatic carbocycles. The summed E-state index contributed by atoms with van der Waals surface area (Å²) >= 11 is 3.18. The normalized spacial score (nSPS) is 23.1. The van der Waals surface area contributed by atoms with Gasteiger partial charge in [0.15, 0.2) is 11.6 Å². The minimum Gasteiger partial charge on any atom is -0.488 e. The number of hydrogen-bond acceptors (Lipinski definition) is 4. The third kappa shape index (κ3) is 4.25. The first-order valence-corrected chi connectivity index (χ1v) is 10.2. The van der Waals surface area contributed by atoms with E-state index >= 15 is 0 Å². The first kappa shape index (κ1) is 20.5. The zero-order chi connectivity index (χ0) is 20.8. The van der Waals surface area contributed by atoms with Crippen molar-refractivity contribution in [1.82, 2.24) is 0 Å². The van der Waals surface area contributed by atoms with E-state index in [9.17, 15) is 23.4 Å². The lowest BCUT2D eigenvalue weighted by atomic mass is 9.94. The van der Waals surface area contributed by atoms with Gasteiger partial charge in [0.05, 0.1) is 11.8 Å². The van der Waals surface area contributed by atoms with Crippen LogP contribution in [0, 0.1) is 22.9 Å². The fourth-order valence-corrected chi connectivity index (χ4v) is 4.09. The maximum absolute atomic E-state index is 14.8. The summed E-state index contributed by atoms with van der Waals surface area (Å²) in [5.74, 6) is -2.69. The number of hydrogen-bond donors (Lipinski definition) is 3. The number of halogens is 4. The van der Waals surface area contributed by atoms with Crippen molar-refractivity contribution in [2.24, 2.45) is 5.41 Å². The molecule has 3 N–H and O–H groups in total. The van der Waals surface area contributed by atoms with E-state index in [1.807, 2.05) is 0 Å². The van der Waals surface area contributed by atoms with Crippen LogP contribution in [0.5, 0.6) is 5.75 Å². The lowest BCUT2D eigenvalue weighted by Crippen LogP contribution is -2.36. The second kappa shape index (κ2) is 7.81. The maximum Gasteiger partial charge on any atom is 0.164 e. The summed E-state index contributed by atoms with van der Waals surface area (Å²) in [6.45, 7) is 0.150. The second-order valence-corrected chi connectivity index (χ2v) is 8.86. The molecule has 2 atom stereocenters. The maximum atomic E-state index is 14.8. The van der Waals surface area contributed by atoms with Crippen molar-refractivity contribution in [2.75, 3.05) is 18.5 Å². The monoisotopic (exact) mass is 471 g/mol. The standard InChI is InChI=1S/C21H21BrF3NO3/c22-12-2-1-11(14(23)6-12)5-13-19(25)15(24)7-18-20(13)26-10-21(3-4-21)8-16(27)17(28)9-29-18/h1-2,6-7,16-17,26-28H,3-5,8-10H2. The quantitative estimate of drug-likeness (QED) is 0.615. The Kier molecular flexibility index (Phi) is 5.52. The first-order chi connectivity index (χ1) is 13.8. The van der Waals surface area contributed by atoms with Crippen LogP contribution in [0.25, 0.3) is 0 Å². The van der Waals surface area contributed by atoms with E-state index in [-0.39, 0.29) is 41.0 Å². The number of nitrogens with one attached hydrogen (secondary N) is 1. The molecular weight excluding hydrogens is 451 g/mol. The van der Waals surface area contributed by atoms with Gasteiger partial charge in [-0.15, -0.1) is 0 Å². The number of ether oxygens (including phenoxy) is 1. The molecule has 0 saturated heterocycles. The van der Waals surface area contributed by atoms with Gasteiger partial charge in [-0.05, 0) is 42.4 Å². The molecule has 2 aliphatic rings. The van der Waals surface area contributed by atoms with Gasteiger partial charge in [0.25, 0.3) is 0 Å². The summed E-state index contributed by atoms with van der Waals surface area (Å²) in [5, 5.41) is 23.5. The van der Waals surface area contributed by atoms with Crippen LogP contribution >= 0.6 is 15.9 Å². The van der Waals surface area contributed by atoms with Crippen molar-refractivity contribution in [3.8, 4) is 5.75 Å². The molecule has 0 amide bonds. The first-order valence-electron chi connectivity index (χ1n) is 9.46. The van der Waals surface area contributed by atoms with Crippen LogP contribution in [-0.2, 0) is 6.42 Å². The second-order valence-electron chi connectivity index (χ2n) is 7.94. The fourth-order valence-electron chi connectivity index (χ4n) is 3.75. The Labute approximate surface area is 174 Å². The van der Waals surface area contributed by atoms with Gasteiger partial charge in [0.1, 0.15) is 24.3 Å². The third-order valence-electron chi connectivity index (χ3n) is 5.76. The molecular formula is C21H21BrF3NO3. The molecule has 2 aromatic carbocycles. The molecule has 1 spiro atoms. The molecule has 2 unspecified atom stereocenters. The third-order valence-corrected chi connectivity index (χ3v) is 6.25. The van der Waals surface area contributed by atoms with E-state index < -0.39 is 29.7 Å². The molecule has 4 nitrogen and oxygen atoms in total. The van der Waals surface area contributed by atoms with Crippen LogP contribution in [0.15, 0.2) is 28.7 Å². The van der Waals surface area contributed by atoms with Crippen molar-refractivity contribution < 1.29 is 28.1 Å². The van der Waals surface area contributed by atoms with Crippen LogP contribution in [0.3, 0.4) is 0 Å². The highest BCUT2D eigenvalue weighted by atomic mass is 79.9. The van der Waals surface area contributed by atoms with Crippen molar-refractivity contribution in [3.63, 3.8) is 0 Å². The Morgan fingerprint density at radius 3 is 2.55 bits per heavy atom. The lowest BCUT2D eigenvalue weighted by Gasteiger charge is -2.28. The molecule has 1 saturated carbocycles.